The molecule has 2 N–H and O–H groups in total. The maximum atomic E-state index is 11.7. The van der Waals surface area contributed by atoms with E-state index in [0.717, 1.165) is 45.5 Å². The number of hydrogen-bond acceptors (Lipinski definition) is 3. The first-order chi connectivity index (χ1) is 8.34. The summed E-state index contributed by atoms with van der Waals surface area (Å²) in [4.78, 5) is 11.7. The summed E-state index contributed by atoms with van der Waals surface area (Å²) in [6, 6.07) is 0. The van der Waals surface area contributed by atoms with Crippen molar-refractivity contribution in [3.8, 4) is 0 Å². The third-order valence-corrected chi connectivity index (χ3v) is 3.70. The van der Waals surface area contributed by atoms with Crippen molar-refractivity contribution in [3.05, 3.63) is 0 Å². The zero-order valence-electron chi connectivity index (χ0n) is 10.5. The molecule has 0 bridgehead atoms. The van der Waals surface area contributed by atoms with Gasteiger partial charge in [-0.25, -0.2) is 0 Å². The molecule has 0 aromatic rings. The van der Waals surface area contributed by atoms with E-state index in [0.29, 0.717) is 18.4 Å². The van der Waals surface area contributed by atoms with Gasteiger partial charge in [0.1, 0.15) is 0 Å². The highest BCUT2D eigenvalue weighted by Crippen LogP contribution is 2.15. The summed E-state index contributed by atoms with van der Waals surface area (Å²) in [6.07, 6.45) is 6.77. The smallest absolute Gasteiger partial charge is 0.220 e. The summed E-state index contributed by atoms with van der Waals surface area (Å²) in [5.74, 6) is 0.746. The van der Waals surface area contributed by atoms with Crippen LogP contribution in [0.25, 0.3) is 0 Å². The van der Waals surface area contributed by atoms with Gasteiger partial charge in [0.05, 0.1) is 6.10 Å². The molecule has 0 aromatic carbocycles. The van der Waals surface area contributed by atoms with E-state index in [4.69, 9.17) is 4.74 Å². The first-order valence-corrected chi connectivity index (χ1v) is 6.93. The van der Waals surface area contributed by atoms with Crippen LogP contribution in [0.1, 0.15) is 38.5 Å². The Bertz CT molecular complexity index is 234. The van der Waals surface area contributed by atoms with Gasteiger partial charge in [0, 0.05) is 19.6 Å². The van der Waals surface area contributed by atoms with Gasteiger partial charge in [0.25, 0.3) is 0 Å². The Kier molecular flexibility index (Phi) is 5.26. The molecule has 2 saturated heterocycles. The molecule has 2 fully saturated rings. The van der Waals surface area contributed by atoms with Crippen LogP contribution in [0, 0.1) is 5.92 Å². The maximum absolute atomic E-state index is 11.7. The average molecular weight is 240 g/mol. The van der Waals surface area contributed by atoms with Gasteiger partial charge in [0.15, 0.2) is 0 Å². The molecular weight excluding hydrogens is 216 g/mol. The van der Waals surface area contributed by atoms with E-state index in [9.17, 15) is 4.79 Å². The highest BCUT2D eigenvalue weighted by atomic mass is 16.5. The monoisotopic (exact) mass is 240 g/mol. The molecule has 0 spiro atoms. The van der Waals surface area contributed by atoms with Gasteiger partial charge in [-0.05, 0) is 51.1 Å². The van der Waals surface area contributed by atoms with E-state index in [1.54, 1.807) is 0 Å². The molecule has 0 saturated carbocycles. The van der Waals surface area contributed by atoms with Crippen molar-refractivity contribution in [2.75, 3.05) is 26.2 Å². The van der Waals surface area contributed by atoms with Crippen LogP contribution in [-0.4, -0.2) is 38.3 Å². The van der Waals surface area contributed by atoms with Gasteiger partial charge >= 0.3 is 0 Å². The maximum Gasteiger partial charge on any atom is 0.220 e. The van der Waals surface area contributed by atoms with E-state index in [1.807, 2.05) is 0 Å². The summed E-state index contributed by atoms with van der Waals surface area (Å²) in [5.41, 5.74) is 0. The van der Waals surface area contributed by atoms with Crippen LogP contribution < -0.4 is 10.6 Å². The van der Waals surface area contributed by atoms with E-state index in [-0.39, 0.29) is 5.91 Å². The first kappa shape index (κ1) is 12.8. The quantitative estimate of drug-likeness (QED) is 0.755. The van der Waals surface area contributed by atoms with Gasteiger partial charge in [-0.15, -0.1) is 0 Å². The van der Waals surface area contributed by atoms with Gasteiger partial charge in [-0.3, -0.25) is 4.79 Å². The minimum Gasteiger partial charge on any atom is -0.378 e. The lowest BCUT2D eigenvalue weighted by Crippen LogP contribution is -2.30. The van der Waals surface area contributed by atoms with Crippen LogP contribution in [0.15, 0.2) is 0 Å². The number of rotatable bonds is 5. The van der Waals surface area contributed by atoms with E-state index < -0.39 is 0 Å². The minimum atomic E-state index is 0.203. The lowest BCUT2D eigenvalue weighted by atomic mass is 10.0. The van der Waals surface area contributed by atoms with Gasteiger partial charge in [-0.2, -0.15) is 0 Å². The number of amides is 1. The Morgan fingerprint density at radius 2 is 2.29 bits per heavy atom. The van der Waals surface area contributed by atoms with Crippen LogP contribution in [0.4, 0.5) is 0 Å². The van der Waals surface area contributed by atoms with Crippen molar-refractivity contribution in [3.63, 3.8) is 0 Å². The molecule has 4 heteroatoms. The zero-order chi connectivity index (χ0) is 11.9. The fraction of sp³-hybridized carbons (Fsp3) is 0.923. The summed E-state index contributed by atoms with van der Waals surface area (Å²) in [5, 5.41) is 6.30. The third-order valence-electron chi connectivity index (χ3n) is 3.70. The molecule has 2 unspecified atom stereocenters. The van der Waals surface area contributed by atoms with Gasteiger partial charge in [-0.1, -0.05) is 0 Å². The van der Waals surface area contributed by atoms with Crippen molar-refractivity contribution in [1.29, 1.82) is 0 Å². The summed E-state index contributed by atoms with van der Waals surface area (Å²) < 4.78 is 5.63. The topological polar surface area (TPSA) is 50.4 Å². The second-order valence-electron chi connectivity index (χ2n) is 5.19. The Labute approximate surface area is 103 Å². The molecule has 17 heavy (non-hydrogen) atoms. The summed E-state index contributed by atoms with van der Waals surface area (Å²) in [6.45, 7) is 3.73. The number of nitrogens with one attached hydrogen (secondary N) is 2. The van der Waals surface area contributed by atoms with E-state index >= 15 is 0 Å². The highest BCUT2D eigenvalue weighted by Gasteiger charge is 2.18. The SMILES string of the molecule is O=C(CC1CCNC1)NCCC1CCCCO1. The predicted molar refractivity (Wildman–Crippen MR) is 66.8 cm³/mol. The molecular formula is C13H24N2O2. The van der Waals surface area contributed by atoms with Crippen LogP contribution in [0.2, 0.25) is 0 Å². The second-order valence-corrected chi connectivity index (χ2v) is 5.19. The van der Waals surface area contributed by atoms with Crippen molar-refractivity contribution in [2.45, 2.75) is 44.6 Å². The molecule has 2 aliphatic rings. The number of ether oxygens (including phenoxy) is 1. The van der Waals surface area contributed by atoms with E-state index in [1.165, 1.54) is 12.8 Å². The number of carbonyl (C=O) groups excluding carboxylic acids is 1. The number of hydrogen-bond donors (Lipinski definition) is 2. The molecule has 2 heterocycles. The second kappa shape index (κ2) is 6.97. The van der Waals surface area contributed by atoms with Gasteiger partial charge < -0.3 is 15.4 Å². The standard InChI is InChI=1S/C13H24N2O2/c16-13(9-11-4-6-14-10-11)15-7-5-12-3-1-2-8-17-12/h11-12,14H,1-10H2,(H,15,16). The molecule has 2 aliphatic heterocycles. The van der Waals surface area contributed by atoms with Crippen molar-refractivity contribution >= 4 is 5.91 Å². The van der Waals surface area contributed by atoms with Crippen LogP contribution in [-0.2, 0) is 9.53 Å². The fourth-order valence-electron chi connectivity index (χ4n) is 2.63. The molecule has 2 rings (SSSR count). The summed E-state index contributed by atoms with van der Waals surface area (Å²) in [7, 11) is 0. The molecule has 0 aliphatic carbocycles. The third kappa shape index (κ3) is 4.64. The molecule has 1 amide bonds. The lowest BCUT2D eigenvalue weighted by molar-refractivity contribution is -0.122. The van der Waals surface area contributed by atoms with Crippen LogP contribution in [0.3, 0.4) is 0 Å². The number of carbonyl (C=O) groups is 1. The fourth-order valence-corrected chi connectivity index (χ4v) is 2.63. The zero-order valence-corrected chi connectivity index (χ0v) is 10.5. The van der Waals surface area contributed by atoms with Crippen molar-refractivity contribution < 1.29 is 9.53 Å². The normalized spacial score (nSPS) is 29.2. The Balaban J connectivity index is 1.53. The molecule has 2 atom stereocenters. The minimum absolute atomic E-state index is 0.203. The Morgan fingerprint density at radius 1 is 1.35 bits per heavy atom. The first-order valence-electron chi connectivity index (χ1n) is 6.93. The Morgan fingerprint density at radius 3 is 3.00 bits per heavy atom. The average Bonchev–Trinajstić information content (AvgIpc) is 2.83. The molecule has 98 valence electrons. The predicted octanol–water partition coefficient (Wildman–Crippen LogP) is 1.06. The van der Waals surface area contributed by atoms with Crippen molar-refractivity contribution in [2.24, 2.45) is 5.92 Å². The van der Waals surface area contributed by atoms with Crippen LogP contribution >= 0.6 is 0 Å². The largest absolute Gasteiger partial charge is 0.378 e. The van der Waals surface area contributed by atoms with E-state index in [2.05, 4.69) is 10.6 Å². The summed E-state index contributed by atoms with van der Waals surface area (Å²) >= 11 is 0. The lowest BCUT2D eigenvalue weighted by Gasteiger charge is -2.22. The molecule has 0 aromatic heterocycles. The highest BCUT2D eigenvalue weighted by molar-refractivity contribution is 5.76. The molecule has 4 nitrogen and oxygen atoms in total. The van der Waals surface area contributed by atoms with Gasteiger partial charge in [0.2, 0.25) is 5.91 Å². The molecule has 0 radical (unpaired) electrons. The Hall–Kier alpha value is -0.610. The van der Waals surface area contributed by atoms with Crippen molar-refractivity contribution in [1.82, 2.24) is 10.6 Å². The van der Waals surface area contributed by atoms with Crippen LogP contribution in [0.5, 0.6) is 0 Å².